The molecule has 0 rings (SSSR count). The second-order valence-corrected chi connectivity index (χ2v) is 4.97. The Balaban J connectivity index is 3.38. The summed E-state index contributed by atoms with van der Waals surface area (Å²) in [5.74, 6) is -0.0730. The minimum Gasteiger partial charge on any atom is -0.391 e. The first-order valence-corrected chi connectivity index (χ1v) is 7.03. The van der Waals surface area contributed by atoms with E-state index in [2.05, 4.69) is 12.2 Å². The number of aliphatic hydroxyl groups is 1. The Morgan fingerprint density at radius 1 is 1.12 bits per heavy atom. The molecular weight excluding hydrogens is 214 g/mol. The summed E-state index contributed by atoms with van der Waals surface area (Å²) >= 11 is 0. The molecule has 2 atom stereocenters. The van der Waals surface area contributed by atoms with Crippen LogP contribution in [-0.4, -0.2) is 23.2 Å². The van der Waals surface area contributed by atoms with Crippen LogP contribution in [0.25, 0.3) is 0 Å². The molecule has 0 aromatic rings. The fraction of sp³-hybridized carbons (Fsp3) is 0.929. The summed E-state index contributed by atoms with van der Waals surface area (Å²) in [7, 11) is 0. The van der Waals surface area contributed by atoms with Crippen LogP contribution < -0.4 is 5.32 Å². The lowest BCUT2D eigenvalue weighted by Crippen LogP contribution is -2.39. The molecule has 0 aliphatic heterocycles. The van der Waals surface area contributed by atoms with Crippen LogP contribution in [-0.2, 0) is 4.79 Å². The van der Waals surface area contributed by atoms with Crippen molar-refractivity contribution in [2.45, 2.75) is 84.3 Å². The second-order valence-electron chi connectivity index (χ2n) is 4.97. The summed E-state index contributed by atoms with van der Waals surface area (Å²) in [5.41, 5.74) is 0. The number of carbonyl (C=O) groups is 1. The SMILES string of the molecule is CCCCCCCCCC(O)C(C)NC(C)=O. The Labute approximate surface area is 106 Å². The smallest absolute Gasteiger partial charge is 0.217 e. The molecule has 0 saturated carbocycles. The van der Waals surface area contributed by atoms with Crippen LogP contribution in [0.5, 0.6) is 0 Å². The monoisotopic (exact) mass is 243 g/mol. The van der Waals surface area contributed by atoms with Gasteiger partial charge in [-0.1, -0.05) is 51.9 Å². The number of carbonyl (C=O) groups excluding carboxylic acids is 1. The van der Waals surface area contributed by atoms with E-state index in [1.807, 2.05) is 6.92 Å². The van der Waals surface area contributed by atoms with Crippen molar-refractivity contribution in [3.8, 4) is 0 Å². The van der Waals surface area contributed by atoms with Gasteiger partial charge in [-0.25, -0.2) is 0 Å². The maximum atomic E-state index is 10.8. The molecule has 0 aliphatic rings. The molecule has 0 aromatic carbocycles. The Morgan fingerprint density at radius 3 is 2.18 bits per heavy atom. The zero-order chi connectivity index (χ0) is 13.1. The molecule has 0 saturated heterocycles. The Bertz CT molecular complexity index is 195. The van der Waals surface area contributed by atoms with Crippen LogP contribution >= 0.6 is 0 Å². The lowest BCUT2D eigenvalue weighted by Gasteiger charge is -2.19. The van der Waals surface area contributed by atoms with Crippen molar-refractivity contribution in [3.63, 3.8) is 0 Å². The third-order valence-electron chi connectivity index (χ3n) is 3.11. The van der Waals surface area contributed by atoms with Gasteiger partial charge < -0.3 is 10.4 Å². The van der Waals surface area contributed by atoms with Gasteiger partial charge in [0.05, 0.1) is 12.1 Å². The van der Waals surface area contributed by atoms with Crippen LogP contribution in [0, 0.1) is 0 Å². The van der Waals surface area contributed by atoms with E-state index in [4.69, 9.17) is 0 Å². The van der Waals surface area contributed by atoms with Crippen molar-refractivity contribution >= 4 is 5.91 Å². The largest absolute Gasteiger partial charge is 0.391 e. The van der Waals surface area contributed by atoms with Crippen LogP contribution in [0.2, 0.25) is 0 Å². The molecule has 102 valence electrons. The molecule has 0 aromatic heterocycles. The lowest BCUT2D eigenvalue weighted by molar-refractivity contribution is -0.120. The zero-order valence-electron chi connectivity index (χ0n) is 11.7. The number of aliphatic hydroxyl groups excluding tert-OH is 1. The first-order chi connectivity index (χ1) is 8.07. The first-order valence-electron chi connectivity index (χ1n) is 7.03. The fourth-order valence-corrected chi connectivity index (χ4v) is 1.98. The Kier molecular flexibility index (Phi) is 10.2. The van der Waals surface area contributed by atoms with Gasteiger partial charge in [-0.15, -0.1) is 0 Å². The molecule has 3 heteroatoms. The lowest BCUT2D eigenvalue weighted by atomic mass is 10.0. The van der Waals surface area contributed by atoms with Crippen LogP contribution in [0.4, 0.5) is 0 Å². The minimum absolute atomic E-state index is 0.0730. The summed E-state index contributed by atoms with van der Waals surface area (Å²) in [6.45, 7) is 5.56. The third kappa shape index (κ3) is 10.3. The van der Waals surface area contributed by atoms with Gasteiger partial charge in [-0.3, -0.25) is 4.79 Å². The zero-order valence-corrected chi connectivity index (χ0v) is 11.7. The van der Waals surface area contributed by atoms with E-state index in [0.717, 1.165) is 12.8 Å². The first kappa shape index (κ1) is 16.4. The van der Waals surface area contributed by atoms with Crippen LogP contribution in [0.1, 0.15) is 72.1 Å². The molecule has 0 heterocycles. The van der Waals surface area contributed by atoms with Crippen molar-refractivity contribution in [3.05, 3.63) is 0 Å². The van der Waals surface area contributed by atoms with Gasteiger partial charge in [0.1, 0.15) is 0 Å². The molecular formula is C14H29NO2. The number of hydrogen-bond acceptors (Lipinski definition) is 2. The predicted octanol–water partition coefficient (Wildman–Crippen LogP) is 3.01. The van der Waals surface area contributed by atoms with Crippen molar-refractivity contribution in [1.29, 1.82) is 0 Å². The number of unbranched alkanes of at least 4 members (excludes halogenated alkanes) is 6. The maximum absolute atomic E-state index is 10.8. The molecule has 2 N–H and O–H groups in total. The van der Waals surface area contributed by atoms with Gasteiger partial charge in [-0.05, 0) is 13.3 Å². The van der Waals surface area contributed by atoms with E-state index < -0.39 is 6.10 Å². The highest BCUT2D eigenvalue weighted by atomic mass is 16.3. The van der Waals surface area contributed by atoms with Gasteiger partial charge >= 0.3 is 0 Å². The molecule has 17 heavy (non-hydrogen) atoms. The highest BCUT2D eigenvalue weighted by Gasteiger charge is 2.13. The highest BCUT2D eigenvalue weighted by molar-refractivity contribution is 5.73. The number of rotatable bonds is 10. The molecule has 3 nitrogen and oxygen atoms in total. The molecule has 2 unspecified atom stereocenters. The second kappa shape index (κ2) is 10.6. The normalized spacial score (nSPS) is 14.4. The average molecular weight is 243 g/mol. The van der Waals surface area contributed by atoms with E-state index in [-0.39, 0.29) is 11.9 Å². The van der Waals surface area contributed by atoms with Crippen LogP contribution in [0.15, 0.2) is 0 Å². The standard InChI is InChI=1S/C14H29NO2/c1-4-5-6-7-8-9-10-11-14(17)12(2)15-13(3)16/h12,14,17H,4-11H2,1-3H3,(H,15,16). The minimum atomic E-state index is -0.408. The Hall–Kier alpha value is -0.570. The highest BCUT2D eigenvalue weighted by Crippen LogP contribution is 2.11. The van der Waals surface area contributed by atoms with E-state index >= 15 is 0 Å². The van der Waals surface area contributed by atoms with E-state index in [9.17, 15) is 9.90 Å². The number of amides is 1. The topological polar surface area (TPSA) is 49.3 Å². The van der Waals surface area contributed by atoms with Crippen molar-refractivity contribution in [2.24, 2.45) is 0 Å². The summed E-state index contributed by atoms with van der Waals surface area (Å²) in [6.07, 6.45) is 9.15. The Morgan fingerprint density at radius 2 is 1.65 bits per heavy atom. The molecule has 0 radical (unpaired) electrons. The van der Waals surface area contributed by atoms with E-state index in [1.165, 1.54) is 45.4 Å². The van der Waals surface area contributed by atoms with E-state index in [1.54, 1.807) is 0 Å². The average Bonchev–Trinajstić information content (AvgIpc) is 2.26. The summed E-state index contributed by atoms with van der Waals surface area (Å²) in [4.78, 5) is 10.8. The van der Waals surface area contributed by atoms with Gasteiger partial charge in [-0.2, -0.15) is 0 Å². The number of hydrogen-bond donors (Lipinski definition) is 2. The van der Waals surface area contributed by atoms with Crippen molar-refractivity contribution in [1.82, 2.24) is 5.32 Å². The van der Waals surface area contributed by atoms with Crippen LogP contribution in [0.3, 0.4) is 0 Å². The van der Waals surface area contributed by atoms with Gasteiger partial charge in [0, 0.05) is 6.92 Å². The van der Waals surface area contributed by atoms with E-state index in [0.29, 0.717) is 0 Å². The number of nitrogens with one attached hydrogen (secondary N) is 1. The van der Waals surface area contributed by atoms with Gasteiger partial charge in [0.25, 0.3) is 0 Å². The fourth-order valence-electron chi connectivity index (χ4n) is 1.98. The summed E-state index contributed by atoms with van der Waals surface area (Å²) < 4.78 is 0. The van der Waals surface area contributed by atoms with Crippen molar-refractivity contribution < 1.29 is 9.90 Å². The van der Waals surface area contributed by atoms with Crippen molar-refractivity contribution in [2.75, 3.05) is 0 Å². The van der Waals surface area contributed by atoms with Gasteiger partial charge in [0.15, 0.2) is 0 Å². The maximum Gasteiger partial charge on any atom is 0.217 e. The molecule has 0 fully saturated rings. The molecule has 0 spiro atoms. The third-order valence-corrected chi connectivity index (χ3v) is 3.11. The molecule has 0 bridgehead atoms. The quantitative estimate of drug-likeness (QED) is 0.579. The summed E-state index contributed by atoms with van der Waals surface area (Å²) in [5, 5.41) is 12.5. The summed E-state index contributed by atoms with van der Waals surface area (Å²) in [6, 6.07) is -0.132. The molecule has 1 amide bonds. The predicted molar refractivity (Wildman–Crippen MR) is 71.9 cm³/mol. The van der Waals surface area contributed by atoms with Gasteiger partial charge in [0.2, 0.25) is 5.91 Å². The molecule has 0 aliphatic carbocycles.